The van der Waals surface area contributed by atoms with Crippen molar-refractivity contribution < 1.29 is 9.53 Å². The third-order valence-electron chi connectivity index (χ3n) is 4.80. The second kappa shape index (κ2) is 7.74. The van der Waals surface area contributed by atoms with Gasteiger partial charge in [0.15, 0.2) is 0 Å². The first-order valence-electron chi connectivity index (χ1n) is 8.40. The van der Waals surface area contributed by atoms with Crippen LogP contribution < -0.4 is 5.32 Å². The number of aryl methyl sites for hydroxylation is 1. The Kier molecular flexibility index (Phi) is 5.45. The van der Waals surface area contributed by atoms with Crippen LogP contribution in [0.3, 0.4) is 0 Å². The molecule has 0 unspecified atom stereocenters. The highest BCUT2D eigenvalue weighted by molar-refractivity contribution is 5.76. The lowest BCUT2D eigenvalue weighted by Gasteiger charge is -2.39. The Labute approximate surface area is 131 Å². The average molecular weight is 306 g/mol. The number of rotatable bonds is 5. The molecule has 6 heteroatoms. The zero-order valence-electron chi connectivity index (χ0n) is 13.1. The Bertz CT molecular complexity index is 449. The number of hydrogen-bond acceptors (Lipinski definition) is 4. The maximum absolute atomic E-state index is 12.0. The maximum Gasteiger partial charge on any atom is 0.220 e. The number of ether oxygens (including phenoxy) is 1. The van der Waals surface area contributed by atoms with Crippen LogP contribution in [0.15, 0.2) is 12.4 Å². The lowest BCUT2D eigenvalue weighted by molar-refractivity contribution is -0.122. The molecular formula is C16H26N4O2. The molecule has 1 aromatic heterocycles. The molecule has 0 radical (unpaired) electrons. The van der Waals surface area contributed by atoms with E-state index in [2.05, 4.69) is 20.4 Å². The third kappa shape index (κ3) is 4.30. The summed E-state index contributed by atoms with van der Waals surface area (Å²) in [5, 5.41) is 9.86. The van der Waals surface area contributed by atoms with Gasteiger partial charge in [0.1, 0.15) is 0 Å². The highest BCUT2D eigenvalue weighted by atomic mass is 16.5. The Morgan fingerprint density at radius 1 is 1.32 bits per heavy atom. The van der Waals surface area contributed by atoms with Crippen LogP contribution in [-0.2, 0) is 16.0 Å². The van der Waals surface area contributed by atoms with E-state index in [0.29, 0.717) is 18.5 Å². The van der Waals surface area contributed by atoms with E-state index < -0.39 is 0 Å². The van der Waals surface area contributed by atoms with E-state index in [9.17, 15) is 4.79 Å². The second-order valence-corrected chi connectivity index (χ2v) is 6.33. The van der Waals surface area contributed by atoms with Crippen LogP contribution >= 0.6 is 0 Å². The molecule has 2 aliphatic rings. The standard InChI is InChI=1S/C16H26N4O2/c21-16(2-1-13-11-17-18-12-13)19-14-3-7-20(8-4-14)15-5-9-22-10-6-15/h11-12,14-15H,1-10H2,(H,17,18)(H,19,21). The topological polar surface area (TPSA) is 70.2 Å². The largest absolute Gasteiger partial charge is 0.381 e. The molecule has 0 atom stereocenters. The highest BCUT2D eigenvalue weighted by Gasteiger charge is 2.26. The van der Waals surface area contributed by atoms with Crippen molar-refractivity contribution >= 4 is 5.91 Å². The van der Waals surface area contributed by atoms with Gasteiger partial charge in [-0.1, -0.05) is 0 Å². The molecule has 0 aliphatic carbocycles. The fraction of sp³-hybridized carbons (Fsp3) is 0.750. The van der Waals surface area contributed by atoms with Gasteiger partial charge in [-0.15, -0.1) is 0 Å². The van der Waals surface area contributed by atoms with E-state index in [4.69, 9.17) is 4.74 Å². The summed E-state index contributed by atoms with van der Waals surface area (Å²) < 4.78 is 5.43. The Morgan fingerprint density at radius 2 is 2.09 bits per heavy atom. The first-order chi connectivity index (χ1) is 10.8. The van der Waals surface area contributed by atoms with E-state index in [-0.39, 0.29) is 5.91 Å². The molecule has 2 aliphatic heterocycles. The van der Waals surface area contributed by atoms with Gasteiger partial charge in [-0.3, -0.25) is 9.89 Å². The molecule has 2 saturated heterocycles. The first-order valence-corrected chi connectivity index (χ1v) is 8.40. The number of aromatic nitrogens is 2. The molecule has 22 heavy (non-hydrogen) atoms. The summed E-state index contributed by atoms with van der Waals surface area (Å²) in [5.41, 5.74) is 1.09. The van der Waals surface area contributed by atoms with Gasteiger partial charge in [0.2, 0.25) is 5.91 Å². The number of piperidine rings is 1. The van der Waals surface area contributed by atoms with Crippen LogP contribution in [0.4, 0.5) is 0 Å². The van der Waals surface area contributed by atoms with Crippen molar-refractivity contribution in [2.24, 2.45) is 0 Å². The molecule has 2 N–H and O–H groups in total. The smallest absolute Gasteiger partial charge is 0.220 e. The van der Waals surface area contributed by atoms with Gasteiger partial charge >= 0.3 is 0 Å². The van der Waals surface area contributed by atoms with E-state index in [1.54, 1.807) is 6.20 Å². The monoisotopic (exact) mass is 306 g/mol. The molecule has 6 nitrogen and oxygen atoms in total. The number of aromatic amines is 1. The van der Waals surface area contributed by atoms with Crippen LogP contribution in [0.2, 0.25) is 0 Å². The van der Waals surface area contributed by atoms with Crippen LogP contribution in [0.25, 0.3) is 0 Å². The average Bonchev–Trinajstić information content (AvgIpc) is 3.08. The van der Waals surface area contributed by atoms with Crippen molar-refractivity contribution in [1.82, 2.24) is 20.4 Å². The minimum absolute atomic E-state index is 0.158. The van der Waals surface area contributed by atoms with Gasteiger partial charge < -0.3 is 15.0 Å². The summed E-state index contributed by atoms with van der Waals surface area (Å²) in [6.45, 7) is 3.99. The van der Waals surface area contributed by atoms with Crippen molar-refractivity contribution in [3.63, 3.8) is 0 Å². The Morgan fingerprint density at radius 3 is 2.77 bits per heavy atom. The molecule has 0 spiro atoms. The first kappa shape index (κ1) is 15.5. The van der Waals surface area contributed by atoms with Gasteiger partial charge in [-0.05, 0) is 37.7 Å². The molecular weight excluding hydrogens is 280 g/mol. The van der Waals surface area contributed by atoms with E-state index >= 15 is 0 Å². The molecule has 0 aromatic carbocycles. The van der Waals surface area contributed by atoms with Crippen molar-refractivity contribution in [3.8, 4) is 0 Å². The normalized spacial score (nSPS) is 21.8. The van der Waals surface area contributed by atoms with Gasteiger partial charge in [-0.2, -0.15) is 5.10 Å². The minimum Gasteiger partial charge on any atom is -0.381 e. The van der Waals surface area contributed by atoms with E-state index in [1.165, 1.54) is 0 Å². The van der Waals surface area contributed by atoms with Crippen molar-refractivity contribution in [2.45, 2.75) is 50.6 Å². The summed E-state index contributed by atoms with van der Waals surface area (Å²) in [4.78, 5) is 14.6. The molecule has 1 aromatic rings. The highest BCUT2D eigenvalue weighted by Crippen LogP contribution is 2.20. The van der Waals surface area contributed by atoms with Crippen LogP contribution in [-0.4, -0.2) is 59.4 Å². The molecule has 1 amide bonds. The number of amides is 1. The summed E-state index contributed by atoms with van der Waals surface area (Å²) in [6.07, 6.45) is 9.36. The summed E-state index contributed by atoms with van der Waals surface area (Å²) >= 11 is 0. The lowest BCUT2D eigenvalue weighted by Crippen LogP contribution is -2.49. The quantitative estimate of drug-likeness (QED) is 0.855. The molecule has 2 fully saturated rings. The Balaban J connectivity index is 1.35. The van der Waals surface area contributed by atoms with Gasteiger partial charge in [-0.25, -0.2) is 0 Å². The predicted molar refractivity (Wildman–Crippen MR) is 83.5 cm³/mol. The van der Waals surface area contributed by atoms with Gasteiger partial charge in [0.05, 0.1) is 6.20 Å². The van der Waals surface area contributed by atoms with E-state index in [1.807, 2.05) is 6.20 Å². The Hall–Kier alpha value is -1.40. The van der Waals surface area contributed by atoms with Crippen LogP contribution in [0, 0.1) is 0 Å². The van der Waals surface area contributed by atoms with Crippen LogP contribution in [0.1, 0.15) is 37.7 Å². The number of likely N-dealkylation sites (tertiary alicyclic amines) is 1. The minimum atomic E-state index is 0.158. The predicted octanol–water partition coefficient (Wildman–Crippen LogP) is 1.10. The molecule has 3 heterocycles. The number of carbonyl (C=O) groups is 1. The fourth-order valence-corrected chi connectivity index (χ4v) is 3.43. The number of carbonyl (C=O) groups excluding carboxylic acids is 1. The van der Waals surface area contributed by atoms with Crippen LogP contribution in [0.5, 0.6) is 0 Å². The third-order valence-corrected chi connectivity index (χ3v) is 4.80. The zero-order valence-corrected chi connectivity index (χ0v) is 13.1. The van der Waals surface area contributed by atoms with Crippen molar-refractivity contribution in [1.29, 1.82) is 0 Å². The van der Waals surface area contributed by atoms with Gasteiger partial charge in [0, 0.05) is 51.0 Å². The molecule has 0 saturated carbocycles. The number of hydrogen-bond donors (Lipinski definition) is 2. The van der Waals surface area contributed by atoms with Crippen molar-refractivity contribution in [2.75, 3.05) is 26.3 Å². The van der Waals surface area contributed by atoms with Crippen molar-refractivity contribution in [3.05, 3.63) is 18.0 Å². The number of H-pyrrole nitrogens is 1. The van der Waals surface area contributed by atoms with Gasteiger partial charge in [0.25, 0.3) is 0 Å². The summed E-state index contributed by atoms with van der Waals surface area (Å²) in [6, 6.07) is 1.03. The SMILES string of the molecule is O=C(CCc1cn[nH]c1)NC1CCN(C2CCOCC2)CC1. The molecule has 122 valence electrons. The summed E-state index contributed by atoms with van der Waals surface area (Å²) in [7, 11) is 0. The summed E-state index contributed by atoms with van der Waals surface area (Å²) in [5.74, 6) is 0.158. The van der Waals surface area contributed by atoms with E-state index in [0.717, 1.165) is 64.0 Å². The zero-order chi connectivity index (χ0) is 15.2. The maximum atomic E-state index is 12.0. The lowest BCUT2D eigenvalue weighted by atomic mass is 9.99. The number of nitrogens with one attached hydrogen (secondary N) is 2. The fourth-order valence-electron chi connectivity index (χ4n) is 3.43. The molecule has 0 bridgehead atoms. The molecule has 3 rings (SSSR count). The number of nitrogens with zero attached hydrogens (tertiary/aromatic N) is 2. The second-order valence-electron chi connectivity index (χ2n) is 6.33.